The van der Waals surface area contributed by atoms with Crippen molar-refractivity contribution in [3.8, 4) is 0 Å². The molecule has 0 radical (unpaired) electrons. The molecule has 2 heteroatoms. The molecule has 1 heterocycles. The van der Waals surface area contributed by atoms with Gasteiger partial charge in [0.15, 0.2) is 0 Å². The van der Waals surface area contributed by atoms with Crippen LogP contribution >= 0.6 is 0 Å². The van der Waals surface area contributed by atoms with Gasteiger partial charge in [-0.25, -0.2) is 0 Å². The molecule has 0 saturated carbocycles. The molecule has 2 aliphatic carbocycles. The number of nitrogens with zero attached hydrogens (tertiary/aromatic N) is 1. The Morgan fingerprint density at radius 1 is 1.13 bits per heavy atom. The SMILES string of the molecule is CCC(C)C(N)C(C)N1CCC2(CCC3=C2C=CCC=C3)CC1. The molecular formula is C21H34N2. The zero-order chi connectivity index (χ0) is 16.4. The molecule has 2 nitrogen and oxygen atoms in total. The Balaban J connectivity index is 1.67. The number of nitrogens with two attached hydrogens (primary N) is 1. The van der Waals surface area contributed by atoms with E-state index < -0.39 is 0 Å². The summed E-state index contributed by atoms with van der Waals surface area (Å²) in [6.45, 7) is 9.30. The number of fused-ring (bicyclic) bond motifs is 1. The molecule has 3 atom stereocenters. The lowest BCUT2D eigenvalue weighted by molar-refractivity contribution is 0.0812. The average molecular weight is 315 g/mol. The van der Waals surface area contributed by atoms with Crippen molar-refractivity contribution in [3.05, 3.63) is 35.5 Å². The van der Waals surface area contributed by atoms with Gasteiger partial charge in [0.05, 0.1) is 0 Å². The van der Waals surface area contributed by atoms with Crippen molar-refractivity contribution in [2.24, 2.45) is 17.1 Å². The molecule has 0 amide bonds. The van der Waals surface area contributed by atoms with Gasteiger partial charge in [-0.3, -0.25) is 4.90 Å². The van der Waals surface area contributed by atoms with Gasteiger partial charge in [0.1, 0.15) is 0 Å². The number of piperidine rings is 1. The molecule has 23 heavy (non-hydrogen) atoms. The van der Waals surface area contributed by atoms with E-state index in [1.165, 1.54) is 45.2 Å². The molecule has 0 aromatic rings. The van der Waals surface area contributed by atoms with Gasteiger partial charge in [-0.05, 0) is 74.6 Å². The second kappa shape index (κ2) is 6.94. The minimum absolute atomic E-state index is 0.299. The Labute approximate surface area is 142 Å². The lowest BCUT2D eigenvalue weighted by atomic mass is 9.72. The van der Waals surface area contributed by atoms with Crippen LogP contribution in [0.15, 0.2) is 35.5 Å². The standard InChI is InChI=1S/C21H34N2/c1-4-16(2)20(22)17(3)23-14-12-21(13-15-23)11-10-18-8-6-5-7-9-19(18)21/h6-9,16-17,20H,4-5,10-15,22H2,1-3H3. The van der Waals surface area contributed by atoms with E-state index in [4.69, 9.17) is 5.73 Å². The molecule has 3 aliphatic rings. The van der Waals surface area contributed by atoms with Crippen molar-refractivity contribution in [2.45, 2.75) is 71.4 Å². The first kappa shape index (κ1) is 17.0. The molecule has 2 N–H and O–H groups in total. The fourth-order valence-corrected chi connectivity index (χ4v) is 4.79. The van der Waals surface area contributed by atoms with E-state index in [-0.39, 0.29) is 0 Å². The summed E-state index contributed by atoms with van der Waals surface area (Å²) in [5, 5.41) is 0. The molecule has 1 spiro atoms. The molecule has 0 aromatic carbocycles. The van der Waals surface area contributed by atoms with Gasteiger partial charge in [0.25, 0.3) is 0 Å². The van der Waals surface area contributed by atoms with Gasteiger partial charge in [-0.1, -0.05) is 44.6 Å². The van der Waals surface area contributed by atoms with Gasteiger partial charge in [-0.2, -0.15) is 0 Å². The van der Waals surface area contributed by atoms with E-state index in [0.29, 0.717) is 23.4 Å². The minimum Gasteiger partial charge on any atom is -0.326 e. The largest absolute Gasteiger partial charge is 0.326 e. The van der Waals surface area contributed by atoms with Crippen LogP contribution in [-0.4, -0.2) is 30.1 Å². The summed E-state index contributed by atoms with van der Waals surface area (Å²) in [4.78, 5) is 2.65. The van der Waals surface area contributed by atoms with E-state index in [1.54, 1.807) is 11.1 Å². The molecule has 0 bridgehead atoms. The third-order valence-electron chi connectivity index (χ3n) is 6.86. The van der Waals surface area contributed by atoms with Crippen LogP contribution in [0.4, 0.5) is 0 Å². The smallest absolute Gasteiger partial charge is 0.0221 e. The summed E-state index contributed by atoms with van der Waals surface area (Å²) in [5.74, 6) is 0.608. The Bertz CT molecular complexity index is 506. The van der Waals surface area contributed by atoms with Gasteiger partial charge >= 0.3 is 0 Å². The molecule has 1 fully saturated rings. The van der Waals surface area contributed by atoms with Crippen molar-refractivity contribution in [2.75, 3.05) is 13.1 Å². The number of likely N-dealkylation sites (tertiary alicyclic amines) is 1. The number of allylic oxidation sites excluding steroid dienone is 6. The summed E-state index contributed by atoms with van der Waals surface area (Å²) in [7, 11) is 0. The molecule has 1 aliphatic heterocycles. The van der Waals surface area contributed by atoms with Gasteiger partial charge in [0.2, 0.25) is 0 Å². The number of hydrogen-bond donors (Lipinski definition) is 1. The molecule has 1 saturated heterocycles. The average Bonchev–Trinajstić information content (AvgIpc) is 2.77. The number of hydrogen-bond acceptors (Lipinski definition) is 2. The Morgan fingerprint density at radius 3 is 2.52 bits per heavy atom. The van der Waals surface area contributed by atoms with Gasteiger partial charge in [-0.15, -0.1) is 0 Å². The van der Waals surface area contributed by atoms with Crippen LogP contribution in [0.1, 0.15) is 59.3 Å². The maximum absolute atomic E-state index is 6.50. The number of rotatable bonds is 4. The predicted molar refractivity (Wildman–Crippen MR) is 99.3 cm³/mol. The summed E-state index contributed by atoms with van der Waals surface area (Å²) in [6.07, 6.45) is 17.0. The fraction of sp³-hybridized carbons (Fsp3) is 0.714. The van der Waals surface area contributed by atoms with Crippen LogP contribution in [0.5, 0.6) is 0 Å². The van der Waals surface area contributed by atoms with E-state index in [0.717, 1.165) is 6.42 Å². The minimum atomic E-state index is 0.299. The van der Waals surface area contributed by atoms with E-state index in [9.17, 15) is 0 Å². The van der Waals surface area contributed by atoms with Crippen LogP contribution in [0, 0.1) is 11.3 Å². The summed E-state index contributed by atoms with van der Waals surface area (Å²) >= 11 is 0. The highest BCUT2D eigenvalue weighted by atomic mass is 15.2. The second-order valence-electron chi connectivity index (χ2n) is 8.00. The third kappa shape index (κ3) is 3.21. The Hall–Kier alpha value is -0.860. The monoisotopic (exact) mass is 314 g/mol. The normalized spacial score (nSPS) is 27.8. The van der Waals surface area contributed by atoms with E-state index in [1.807, 2.05) is 0 Å². The third-order valence-corrected chi connectivity index (χ3v) is 6.86. The summed E-state index contributed by atoms with van der Waals surface area (Å²) < 4.78 is 0. The van der Waals surface area contributed by atoms with Crippen molar-refractivity contribution in [1.29, 1.82) is 0 Å². The topological polar surface area (TPSA) is 29.3 Å². The van der Waals surface area contributed by atoms with E-state index in [2.05, 4.69) is 50.0 Å². The van der Waals surface area contributed by atoms with Crippen LogP contribution in [0.3, 0.4) is 0 Å². The summed E-state index contributed by atoms with van der Waals surface area (Å²) in [6, 6.07) is 0.801. The van der Waals surface area contributed by atoms with E-state index >= 15 is 0 Å². The van der Waals surface area contributed by atoms with Crippen LogP contribution in [0.2, 0.25) is 0 Å². The first-order chi connectivity index (χ1) is 11.1. The zero-order valence-electron chi connectivity index (χ0n) is 15.2. The van der Waals surface area contributed by atoms with Gasteiger partial charge < -0.3 is 5.73 Å². The Kier molecular flexibility index (Phi) is 5.13. The molecular weight excluding hydrogens is 280 g/mol. The quantitative estimate of drug-likeness (QED) is 0.831. The zero-order valence-corrected chi connectivity index (χ0v) is 15.2. The summed E-state index contributed by atoms with van der Waals surface area (Å²) in [5.41, 5.74) is 10.2. The van der Waals surface area contributed by atoms with Gasteiger partial charge in [0, 0.05) is 12.1 Å². The lowest BCUT2D eigenvalue weighted by Gasteiger charge is -2.45. The van der Waals surface area contributed by atoms with Crippen molar-refractivity contribution >= 4 is 0 Å². The highest BCUT2D eigenvalue weighted by molar-refractivity contribution is 5.44. The van der Waals surface area contributed by atoms with Crippen LogP contribution in [0.25, 0.3) is 0 Å². The first-order valence-electron chi connectivity index (χ1n) is 9.64. The highest BCUT2D eigenvalue weighted by Gasteiger charge is 2.42. The van der Waals surface area contributed by atoms with Crippen LogP contribution in [-0.2, 0) is 0 Å². The predicted octanol–water partition coefficient (Wildman–Crippen LogP) is 4.44. The van der Waals surface area contributed by atoms with Crippen molar-refractivity contribution < 1.29 is 0 Å². The highest BCUT2D eigenvalue weighted by Crippen LogP contribution is 2.51. The maximum Gasteiger partial charge on any atom is 0.0221 e. The fourth-order valence-electron chi connectivity index (χ4n) is 4.79. The van der Waals surface area contributed by atoms with Crippen molar-refractivity contribution in [1.82, 2.24) is 4.90 Å². The van der Waals surface area contributed by atoms with Crippen molar-refractivity contribution in [3.63, 3.8) is 0 Å². The van der Waals surface area contributed by atoms with Crippen LogP contribution < -0.4 is 5.73 Å². The lowest BCUT2D eigenvalue weighted by Crippen LogP contribution is -2.53. The second-order valence-corrected chi connectivity index (χ2v) is 8.00. The molecule has 0 aromatic heterocycles. The molecule has 128 valence electrons. The Morgan fingerprint density at radius 2 is 1.83 bits per heavy atom. The first-order valence-corrected chi connectivity index (χ1v) is 9.64. The molecule has 3 rings (SSSR count). The maximum atomic E-state index is 6.50. The molecule has 3 unspecified atom stereocenters.